The Morgan fingerprint density at radius 1 is 1.38 bits per heavy atom. The van der Waals surface area contributed by atoms with Crippen molar-refractivity contribution < 1.29 is 4.74 Å². The van der Waals surface area contributed by atoms with E-state index in [1.54, 1.807) is 13.3 Å². The number of guanidine groups is 1. The summed E-state index contributed by atoms with van der Waals surface area (Å²) in [6, 6.07) is 5.65. The Bertz CT molecular complexity index is 427. The zero-order chi connectivity index (χ0) is 14.3. The van der Waals surface area contributed by atoms with E-state index in [1.807, 2.05) is 18.2 Å². The van der Waals surface area contributed by atoms with Gasteiger partial charge in [-0.1, -0.05) is 25.3 Å². The molecule has 6 heteroatoms. The van der Waals surface area contributed by atoms with Gasteiger partial charge in [0.2, 0.25) is 0 Å². The van der Waals surface area contributed by atoms with Gasteiger partial charge in [0.05, 0.1) is 13.2 Å². The molecule has 21 heavy (non-hydrogen) atoms. The molecule has 5 nitrogen and oxygen atoms in total. The predicted octanol–water partition coefficient (Wildman–Crippen LogP) is 3.02. The Morgan fingerprint density at radius 2 is 2.14 bits per heavy atom. The van der Waals surface area contributed by atoms with Crippen LogP contribution >= 0.6 is 24.0 Å². The molecule has 1 aromatic rings. The van der Waals surface area contributed by atoms with Crippen LogP contribution in [-0.2, 0) is 4.74 Å². The average molecular weight is 404 g/mol. The molecule has 1 fully saturated rings. The first-order valence-electron chi connectivity index (χ1n) is 7.21. The van der Waals surface area contributed by atoms with Crippen LogP contribution in [0.5, 0.6) is 0 Å². The van der Waals surface area contributed by atoms with E-state index in [0.717, 1.165) is 12.4 Å². The third kappa shape index (κ3) is 5.78. The van der Waals surface area contributed by atoms with Gasteiger partial charge < -0.3 is 15.8 Å². The molecule has 0 saturated heterocycles. The van der Waals surface area contributed by atoms with E-state index in [9.17, 15) is 0 Å². The second-order valence-corrected chi connectivity index (χ2v) is 5.54. The molecule has 0 spiro atoms. The van der Waals surface area contributed by atoms with Gasteiger partial charge in [0.15, 0.2) is 5.96 Å². The lowest BCUT2D eigenvalue weighted by molar-refractivity contribution is 0.0555. The van der Waals surface area contributed by atoms with E-state index in [1.165, 1.54) is 32.1 Å². The van der Waals surface area contributed by atoms with E-state index in [-0.39, 0.29) is 29.4 Å². The van der Waals surface area contributed by atoms with Gasteiger partial charge in [-0.3, -0.25) is 4.99 Å². The van der Waals surface area contributed by atoms with E-state index in [4.69, 9.17) is 10.5 Å². The Kier molecular flexibility index (Phi) is 7.95. The summed E-state index contributed by atoms with van der Waals surface area (Å²) in [6.45, 7) is 1.47. The molecule has 1 saturated carbocycles. The van der Waals surface area contributed by atoms with Crippen LogP contribution in [0.1, 0.15) is 32.1 Å². The molecule has 118 valence electrons. The third-order valence-corrected chi connectivity index (χ3v) is 3.87. The summed E-state index contributed by atoms with van der Waals surface area (Å²) >= 11 is 0. The molecule has 1 heterocycles. The summed E-state index contributed by atoms with van der Waals surface area (Å²) in [6.07, 6.45) is 7.89. The molecular weight excluding hydrogens is 379 g/mol. The van der Waals surface area contributed by atoms with Crippen LogP contribution in [0.25, 0.3) is 0 Å². The SMILES string of the molecule is COCC1(CN=C(N)Nc2ccccn2)CCCCC1.I. The van der Waals surface area contributed by atoms with Gasteiger partial charge in [0.25, 0.3) is 0 Å². The van der Waals surface area contributed by atoms with Crippen molar-refractivity contribution in [1.29, 1.82) is 0 Å². The molecule has 0 radical (unpaired) electrons. The minimum atomic E-state index is 0. The molecule has 1 aliphatic rings. The predicted molar refractivity (Wildman–Crippen MR) is 97.2 cm³/mol. The van der Waals surface area contributed by atoms with Crippen molar-refractivity contribution in [2.24, 2.45) is 16.1 Å². The highest BCUT2D eigenvalue weighted by Gasteiger charge is 2.31. The second kappa shape index (κ2) is 9.19. The maximum Gasteiger partial charge on any atom is 0.194 e. The maximum absolute atomic E-state index is 5.94. The number of anilines is 1. The Labute approximate surface area is 143 Å². The third-order valence-electron chi connectivity index (χ3n) is 3.87. The minimum Gasteiger partial charge on any atom is -0.384 e. The summed E-state index contributed by atoms with van der Waals surface area (Å²) in [4.78, 5) is 8.67. The smallest absolute Gasteiger partial charge is 0.194 e. The zero-order valence-electron chi connectivity index (χ0n) is 12.5. The Balaban J connectivity index is 0.00000220. The van der Waals surface area contributed by atoms with Gasteiger partial charge in [-0.25, -0.2) is 4.98 Å². The molecule has 0 aromatic carbocycles. The van der Waals surface area contributed by atoms with Crippen LogP contribution in [0, 0.1) is 5.41 Å². The molecular formula is C15H25IN4O. The lowest BCUT2D eigenvalue weighted by Crippen LogP contribution is -2.34. The lowest BCUT2D eigenvalue weighted by atomic mass is 9.75. The van der Waals surface area contributed by atoms with E-state index in [2.05, 4.69) is 15.3 Å². The van der Waals surface area contributed by atoms with Gasteiger partial charge >= 0.3 is 0 Å². The molecule has 0 amide bonds. The summed E-state index contributed by atoms with van der Waals surface area (Å²) in [5.41, 5.74) is 6.09. The summed E-state index contributed by atoms with van der Waals surface area (Å²) in [5, 5.41) is 3.02. The van der Waals surface area contributed by atoms with Crippen molar-refractivity contribution in [2.45, 2.75) is 32.1 Å². The highest BCUT2D eigenvalue weighted by Crippen LogP contribution is 2.36. The number of hydrogen-bond donors (Lipinski definition) is 2. The molecule has 1 aliphatic carbocycles. The first-order valence-corrected chi connectivity index (χ1v) is 7.21. The lowest BCUT2D eigenvalue weighted by Gasteiger charge is -2.35. The minimum absolute atomic E-state index is 0. The van der Waals surface area contributed by atoms with Crippen LogP contribution in [0.15, 0.2) is 29.4 Å². The molecule has 0 unspecified atom stereocenters. The number of halogens is 1. The van der Waals surface area contributed by atoms with Gasteiger partial charge in [-0.15, -0.1) is 24.0 Å². The van der Waals surface area contributed by atoms with Crippen molar-refractivity contribution in [1.82, 2.24) is 4.98 Å². The quantitative estimate of drug-likeness (QED) is 0.450. The molecule has 0 atom stereocenters. The van der Waals surface area contributed by atoms with Gasteiger partial charge in [0, 0.05) is 18.7 Å². The number of nitrogens with two attached hydrogens (primary N) is 1. The number of ether oxygens (including phenoxy) is 1. The fourth-order valence-corrected chi connectivity index (χ4v) is 2.82. The number of nitrogens with one attached hydrogen (secondary N) is 1. The fraction of sp³-hybridized carbons (Fsp3) is 0.600. The number of hydrogen-bond acceptors (Lipinski definition) is 3. The van der Waals surface area contributed by atoms with Crippen LogP contribution in [-0.4, -0.2) is 31.2 Å². The number of aromatic nitrogens is 1. The normalized spacial score (nSPS) is 17.9. The average Bonchev–Trinajstić information content (AvgIpc) is 2.48. The van der Waals surface area contributed by atoms with Gasteiger partial charge in [-0.05, 0) is 25.0 Å². The van der Waals surface area contributed by atoms with Crippen LogP contribution < -0.4 is 11.1 Å². The molecule has 2 rings (SSSR count). The standard InChI is InChI=1S/C15H24N4O.HI/c1-20-12-15(8-4-2-5-9-15)11-18-14(16)19-13-7-3-6-10-17-13;/h3,6-7,10H,2,4-5,8-9,11-12H2,1H3,(H3,16,17,18,19);1H. The monoisotopic (exact) mass is 404 g/mol. The van der Waals surface area contributed by atoms with Crippen molar-refractivity contribution >= 4 is 35.8 Å². The number of nitrogens with zero attached hydrogens (tertiary/aromatic N) is 2. The largest absolute Gasteiger partial charge is 0.384 e. The first kappa shape index (κ1) is 18.2. The maximum atomic E-state index is 5.94. The number of methoxy groups -OCH3 is 1. The number of pyridine rings is 1. The fourth-order valence-electron chi connectivity index (χ4n) is 2.82. The first-order chi connectivity index (χ1) is 9.74. The van der Waals surface area contributed by atoms with Crippen LogP contribution in [0.3, 0.4) is 0 Å². The van der Waals surface area contributed by atoms with E-state index < -0.39 is 0 Å². The van der Waals surface area contributed by atoms with E-state index in [0.29, 0.717) is 12.5 Å². The van der Waals surface area contributed by atoms with Crippen molar-refractivity contribution in [3.8, 4) is 0 Å². The second-order valence-electron chi connectivity index (χ2n) is 5.54. The van der Waals surface area contributed by atoms with Crippen molar-refractivity contribution in [3.05, 3.63) is 24.4 Å². The van der Waals surface area contributed by atoms with E-state index >= 15 is 0 Å². The van der Waals surface area contributed by atoms with Gasteiger partial charge in [0.1, 0.15) is 5.82 Å². The molecule has 1 aromatic heterocycles. The summed E-state index contributed by atoms with van der Waals surface area (Å²) in [5.74, 6) is 1.14. The number of rotatable bonds is 5. The molecule has 0 bridgehead atoms. The topological polar surface area (TPSA) is 72.5 Å². The summed E-state index contributed by atoms with van der Waals surface area (Å²) in [7, 11) is 1.76. The van der Waals surface area contributed by atoms with Gasteiger partial charge in [-0.2, -0.15) is 0 Å². The van der Waals surface area contributed by atoms with Crippen molar-refractivity contribution in [3.63, 3.8) is 0 Å². The van der Waals surface area contributed by atoms with Crippen molar-refractivity contribution in [2.75, 3.05) is 25.6 Å². The highest BCUT2D eigenvalue weighted by molar-refractivity contribution is 14.0. The van der Waals surface area contributed by atoms with Crippen LogP contribution in [0.4, 0.5) is 5.82 Å². The van der Waals surface area contributed by atoms with Crippen LogP contribution in [0.2, 0.25) is 0 Å². The summed E-state index contributed by atoms with van der Waals surface area (Å²) < 4.78 is 5.39. The Hall–Kier alpha value is -0.890. The zero-order valence-corrected chi connectivity index (χ0v) is 14.9. The Morgan fingerprint density at radius 3 is 2.76 bits per heavy atom. The molecule has 0 aliphatic heterocycles. The highest BCUT2D eigenvalue weighted by atomic mass is 127. The number of aliphatic imine (C=N–C) groups is 1. The molecule has 3 N–H and O–H groups in total.